The van der Waals surface area contributed by atoms with E-state index in [9.17, 15) is 0 Å². The van der Waals surface area contributed by atoms with Crippen LogP contribution in [0.4, 0.5) is 0 Å². The molecule has 1 aliphatic rings. The van der Waals surface area contributed by atoms with Crippen LogP contribution in [-0.2, 0) is 5.41 Å². The van der Waals surface area contributed by atoms with Gasteiger partial charge in [0.05, 0.1) is 28.0 Å². The molecule has 0 bridgehead atoms. The molecule has 0 aliphatic heterocycles. The van der Waals surface area contributed by atoms with E-state index in [0.717, 1.165) is 55.6 Å². The van der Waals surface area contributed by atoms with Crippen molar-refractivity contribution < 1.29 is 0 Å². The van der Waals surface area contributed by atoms with Gasteiger partial charge < -0.3 is 0 Å². The van der Waals surface area contributed by atoms with Crippen LogP contribution in [0.2, 0.25) is 0 Å². The van der Waals surface area contributed by atoms with Gasteiger partial charge in [-0.1, -0.05) is 206 Å². The zero-order valence-corrected chi connectivity index (χ0v) is 34.4. The topological polar surface area (TPSA) is 38.7 Å². The van der Waals surface area contributed by atoms with Crippen LogP contribution < -0.4 is 0 Å². The molecule has 0 amide bonds. The highest BCUT2D eigenvalue weighted by Crippen LogP contribution is 2.57. The third-order valence-electron chi connectivity index (χ3n) is 12.8. The Hall–Kier alpha value is -8.27. The number of nitrogens with zero attached hydrogens (tertiary/aromatic N) is 3. The summed E-state index contributed by atoms with van der Waals surface area (Å²) in [6.45, 7) is 0. The lowest BCUT2D eigenvalue weighted by Crippen LogP contribution is -2.28. The summed E-state index contributed by atoms with van der Waals surface area (Å²) in [5, 5.41) is 3.43. The van der Waals surface area contributed by atoms with Gasteiger partial charge in [0, 0.05) is 33.0 Å². The van der Waals surface area contributed by atoms with Crippen molar-refractivity contribution >= 4 is 21.7 Å². The van der Waals surface area contributed by atoms with Crippen molar-refractivity contribution in [2.45, 2.75) is 5.41 Å². The van der Waals surface area contributed by atoms with Crippen molar-refractivity contribution in [2.24, 2.45) is 0 Å². The van der Waals surface area contributed by atoms with E-state index in [4.69, 9.17) is 15.0 Å². The van der Waals surface area contributed by atoms with Crippen LogP contribution in [0.25, 0.3) is 89.1 Å². The molecule has 0 unspecified atom stereocenters. The van der Waals surface area contributed by atoms with Gasteiger partial charge in [-0.05, 0) is 80.2 Å². The van der Waals surface area contributed by atoms with Crippen molar-refractivity contribution in [1.29, 1.82) is 0 Å². The lowest BCUT2D eigenvalue weighted by molar-refractivity contribution is 0.769. The standard InChI is InChI=1S/C60H39N3/c1-5-18-40(19-6-1)41-32-34-42(35-33-41)56-39-57(63-59(62-56)43-20-7-2-8-21-43)44-22-17-23-45(36-44)58-52-38-54-51(37-50(52)49-29-14-16-31-55(49)61-58)48-28-13-15-30-53(48)60(54,46-24-9-3-10-25-46)47-26-11-4-12-27-47/h1-39H. The molecule has 0 radical (unpaired) electrons. The first kappa shape index (κ1) is 36.6. The molecule has 63 heavy (non-hydrogen) atoms. The van der Waals surface area contributed by atoms with Gasteiger partial charge in [0.15, 0.2) is 5.82 Å². The molecular weight excluding hydrogens is 763 g/mol. The van der Waals surface area contributed by atoms with Crippen LogP contribution in [0.5, 0.6) is 0 Å². The molecule has 0 saturated heterocycles. The highest BCUT2D eigenvalue weighted by Gasteiger charge is 2.46. The first-order chi connectivity index (χ1) is 31.2. The summed E-state index contributed by atoms with van der Waals surface area (Å²) in [6.07, 6.45) is 0. The molecule has 0 N–H and O–H groups in total. The number of hydrogen-bond donors (Lipinski definition) is 0. The molecular formula is C60H39N3. The van der Waals surface area contributed by atoms with Crippen LogP contribution in [0.15, 0.2) is 237 Å². The highest BCUT2D eigenvalue weighted by atomic mass is 14.9. The lowest BCUT2D eigenvalue weighted by Gasteiger charge is -2.34. The molecule has 3 nitrogen and oxygen atoms in total. The normalized spacial score (nSPS) is 12.6. The van der Waals surface area contributed by atoms with Crippen molar-refractivity contribution in [2.75, 3.05) is 0 Å². The molecule has 0 saturated carbocycles. The van der Waals surface area contributed by atoms with E-state index in [1.165, 1.54) is 49.9 Å². The Labute approximate surface area is 366 Å². The summed E-state index contributed by atoms with van der Waals surface area (Å²) in [5.41, 5.74) is 17.0. The maximum atomic E-state index is 5.51. The van der Waals surface area contributed by atoms with Gasteiger partial charge in [0.25, 0.3) is 0 Å². The van der Waals surface area contributed by atoms with Crippen LogP contribution in [0.3, 0.4) is 0 Å². The van der Waals surface area contributed by atoms with E-state index in [-0.39, 0.29) is 0 Å². The van der Waals surface area contributed by atoms with Crippen molar-refractivity contribution in [1.82, 2.24) is 15.0 Å². The average molecular weight is 802 g/mol. The molecule has 1 aliphatic carbocycles. The zero-order chi connectivity index (χ0) is 41.7. The largest absolute Gasteiger partial charge is 0.247 e. The van der Waals surface area contributed by atoms with Gasteiger partial charge in [-0.2, -0.15) is 0 Å². The van der Waals surface area contributed by atoms with Crippen molar-refractivity contribution in [3.05, 3.63) is 259 Å². The minimum Gasteiger partial charge on any atom is -0.247 e. The first-order valence-electron chi connectivity index (χ1n) is 21.5. The molecule has 3 heteroatoms. The number of hydrogen-bond acceptors (Lipinski definition) is 3. The Morgan fingerprint density at radius 2 is 0.825 bits per heavy atom. The lowest BCUT2D eigenvalue weighted by atomic mass is 9.67. The SMILES string of the molecule is c1ccc(-c2ccc(-c3cc(-c4cccc(-c5nc6ccccc6c6cc7c(cc56)C(c5ccccc5)(c5ccccc5)c5ccccc5-7)c4)nc(-c4ccccc4)n3)cc2)cc1. The average Bonchev–Trinajstić information content (AvgIpc) is 3.66. The Balaban J connectivity index is 1.07. The van der Waals surface area contributed by atoms with Crippen molar-refractivity contribution in [3.8, 4) is 67.4 Å². The summed E-state index contributed by atoms with van der Waals surface area (Å²) in [4.78, 5) is 15.9. The van der Waals surface area contributed by atoms with Gasteiger partial charge in [-0.25, -0.2) is 15.0 Å². The Bertz CT molecular complexity index is 3430. The molecule has 12 rings (SSSR count). The second-order valence-electron chi connectivity index (χ2n) is 16.3. The second-order valence-corrected chi connectivity index (χ2v) is 16.3. The summed E-state index contributed by atoms with van der Waals surface area (Å²) in [6, 6.07) is 84.6. The number of benzene rings is 9. The van der Waals surface area contributed by atoms with Gasteiger partial charge in [-0.3, -0.25) is 0 Å². The molecule has 11 aromatic rings. The van der Waals surface area contributed by atoms with Gasteiger partial charge >= 0.3 is 0 Å². The zero-order valence-electron chi connectivity index (χ0n) is 34.4. The van der Waals surface area contributed by atoms with Gasteiger partial charge in [0.1, 0.15) is 0 Å². The quantitative estimate of drug-likeness (QED) is 0.151. The monoisotopic (exact) mass is 801 g/mol. The summed E-state index contributed by atoms with van der Waals surface area (Å²) in [5.74, 6) is 0.684. The van der Waals surface area contributed by atoms with E-state index in [1.807, 2.05) is 24.3 Å². The fraction of sp³-hybridized carbons (Fsp3) is 0.0167. The predicted octanol–water partition coefficient (Wildman–Crippen LogP) is 14.9. The van der Waals surface area contributed by atoms with Crippen LogP contribution in [-0.4, -0.2) is 15.0 Å². The summed E-state index contributed by atoms with van der Waals surface area (Å²) < 4.78 is 0. The van der Waals surface area contributed by atoms with E-state index < -0.39 is 5.41 Å². The van der Waals surface area contributed by atoms with Crippen LogP contribution in [0, 0.1) is 0 Å². The second kappa shape index (κ2) is 15.0. The molecule has 0 atom stereocenters. The van der Waals surface area contributed by atoms with E-state index in [0.29, 0.717) is 5.82 Å². The smallest absolute Gasteiger partial charge is 0.160 e. The molecule has 9 aromatic carbocycles. The molecule has 2 aromatic heterocycles. The maximum absolute atomic E-state index is 5.51. The molecule has 0 spiro atoms. The Morgan fingerprint density at radius 3 is 1.54 bits per heavy atom. The number of pyridine rings is 1. The minimum atomic E-state index is -0.530. The number of para-hydroxylation sites is 1. The highest BCUT2D eigenvalue weighted by molar-refractivity contribution is 6.13. The predicted molar refractivity (Wildman–Crippen MR) is 259 cm³/mol. The number of rotatable bonds is 7. The van der Waals surface area contributed by atoms with E-state index in [1.54, 1.807) is 0 Å². The number of aromatic nitrogens is 3. The molecule has 0 fully saturated rings. The molecule has 2 heterocycles. The fourth-order valence-electron chi connectivity index (χ4n) is 9.86. The Kier molecular flexibility index (Phi) is 8.72. The van der Waals surface area contributed by atoms with Crippen LogP contribution in [0.1, 0.15) is 22.3 Å². The minimum absolute atomic E-state index is 0.530. The third kappa shape index (κ3) is 6.08. The summed E-state index contributed by atoms with van der Waals surface area (Å²) >= 11 is 0. The van der Waals surface area contributed by atoms with Gasteiger partial charge in [-0.15, -0.1) is 0 Å². The van der Waals surface area contributed by atoms with E-state index in [2.05, 4.69) is 212 Å². The number of fused-ring (bicyclic) bond motifs is 6. The summed E-state index contributed by atoms with van der Waals surface area (Å²) in [7, 11) is 0. The Morgan fingerprint density at radius 1 is 0.286 bits per heavy atom. The van der Waals surface area contributed by atoms with E-state index >= 15 is 0 Å². The van der Waals surface area contributed by atoms with Crippen LogP contribution >= 0.6 is 0 Å². The molecule has 294 valence electrons. The van der Waals surface area contributed by atoms with Gasteiger partial charge in [0.2, 0.25) is 0 Å². The first-order valence-corrected chi connectivity index (χ1v) is 21.5. The third-order valence-corrected chi connectivity index (χ3v) is 12.8. The van der Waals surface area contributed by atoms with Crippen molar-refractivity contribution in [3.63, 3.8) is 0 Å². The fourth-order valence-corrected chi connectivity index (χ4v) is 9.86. The maximum Gasteiger partial charge on any atom is 0.160 e.